The van der Waals surface area contributed by atoms with Gasteiger partial charge in [-0.1, -0.05) is 29.3 Å². The fourth-order valence-corrected chi connectivity index (χ4v) is 4.65. The van der Waals surface area contributed by atoms with Gasteiger partial charge in [-0.25, -0.2) is 8.78 Å². The monoisotopic (exact) mass is 528 g/mol. The summed E-state index contributed by atoms with van der Waals surface area (Å²) < 4.78 is 25.5. The smallest absolute Gasteiger partial charge is 0.257 e. The van der Waals surface area contributed by atoms with Gasteiger partial charge in [0.15, 0.2) is 0 Å². The van der Waals surface area contributed by atoms with Gasteiger partial charge in [0, 0.05) is 17.3 Å². The van der Waals surface area contributed by atoms with Crippen LogP contribution in [0.25, 0.3) is 0 Å². The Morgan fingerprint density at radius 3 is 2.12 bits per heavy atom. The molecule has 33 heavy (non-hydrogen) atoms. The molecule has 3 aromatic carbocycles. The first-order valence-corrected chi connectivity index (χ1v) is 11.1. The highest BCUT2D eigenvalue weighted by Gasteiger charge is 2.67. The average Bonchev–Trinajstić information content (AvgIpc) is 3.35. The third-order valence-electron chi connectivity index (χ3n) is 5.22. The number of rotatable bonds is 5. The molecule has 170 valence electrons. The average molecular weight is 530 g/mol. The van der Waals surface area contributed by atoms with Gasteiger partial charge >= 0.3 is 0 Å². The van der Waals surface area contributed by atoms with Gasteiger partial charge in [0.25, 0.3) is 5.91 Å². The predicted octanol–water partition coefficient (Wildman–Crippen LogP) is 7.05. The van der Waals surface area contributed by atoms with Gasteiger partial charge in [0.05, 0.1) is 21.5 Å². The van der Waals surface area contributed by atoms with Crippen molar-refractivity contribution in [3.63, 3.8) is 0 Å². The van der Waals surface area contributed by atoms with E-state index in [1.165, 1.54) is 54.6 Å². The summed E-state index contributed by atoms with van der Waals surface area (Å²) in [6, 6.07) is 13.7. The van der Waals surface area contributed by atoms with Gasteiger partial charge in [-0.15, -0.1) is 23.2 Å². The number of hydrogen-bond acceptors (Lipinski definition) is 2. The predicted molar refractivity (Wildman–Crippen MR) is 127 cm³/mol. The number of hydrogen-bond donors (Lipinski definition) is 2. The van der Waals surface area contributed by atoms with Gasteiger partial charge < -0.3 is 10.6 Å². The Labute approximate surface area is 207 Å². The second-order valence-electron chi connectivity index (χ2n) is 7.45. The number of carbonyl (C=O) groups is 2. The second kappa shape index (κ2) is 9.11. The van der Waals surface area contributed by atoms with E-state index in [1.807, 2.05) is 0 Å². The minimum Gasteiger partial charge on any atom is -0.326 e. The highest BCUT2D eigenvalue weighted by molar-refractivity contribution is 6.53. The van der Waals surface area contributed by atoms with Crippen molar-refractivity contribution in [1.82, 2.24) is 0 Å². The lowest BCUT2D eigenvalue weighted by Gasteiger charge is -2.10. The first kappa shape index (κ1) is 23.8. The van der Waals surface area contributed by atoms with E-state index in [-0.39, 0.29) is 21.3 Å². The number of halogens is 6. The van der Waals surface area contributed by atoms with Crippen molar-refractivity contribution in [2.24, 2.45) is 5.92 Å². The lowest BCUT2D eigenvalue weighted by atomic mass is 10.1. The van der Waals surface area contributed by atoms with Crippen molar-refractivity contribution in [3.05, 3.63) is 93.5 Å². The van der Waals surface area contributed by atoms with Gasteiger partial charge in [-0.05, 0) is 60.2 Å². The molecule has 0 unspecified atom stereocenters. The Kier molecular flexibility index (Phi) is 6.56. The summed E-state index contributed by atoms with van der Waals surface area (Å²) in [6.45, 7) is 0. The molecule has 1 aliphatic carbocycles. The fourth-order valence-electron chi connectivity index (χ4n) is 3.50. The largest absolute Gasteiger partial charge is 0.326 e. The quantitative estimate of drug-likeness (QED) is 0.348. The summed E-state index contributed by atoms with van der Waals surface area (Å²) in [5, 5.41) is 5.36. The molecule has 4 rings (SSSR count). The van der Waals surface area contributed by atoms with Gasteiger partial charge in [-0.3, -0.25) is 9.59 Å². The molecule has 2 N–H and O–H groups in total. The Morgan fingerprint density at radius 2 is 1.45 bits per heavy atom. The van der Waals surface area contributed by atoms with Crippen molar-refractivity contribution in [3.8, 4) is 0 Å². The van der Waals surface area contributed by atoms with Gasteiger partial charge in [0.2, 0.25) is 5.91 Å². The van der Waals surface area contributed by atoms with Crippen LogP contribution in [-0.4, -0.2) is 16.1 Å². The van der Waals surface area contributed by atoms with Crippen LogP contribution in [0.5, 0.6) is 0 Å². The van der Waals surface area contributed by atoms with Crippen LogP contribution in [0.4, 0.5) is 20.2 Å². The lowest BCUT2D eigenvalue weighted by molar-refractivity contribution is -0.117. The van der Waals surface area contributed by atoms with Crippen molar-refractivity contribution < 1.29 is 18.4 Å². The standard InChI is InChI=1S/C23H14Cl4F2N2O2/c24-16-8-6-14(10-15(16)21(32)30-13-4-2-12(28)3-5-13)31-22(33)20-19(23(20,26)27)11-1-7-17(25)18(29)9-11/h1-10,19-20H,(H,30,32)(H,31,33)/t19-,20+/m1/s1. The first-order valence-electron chi connectivity index (χ1n) is 9.58. The molecule has 0 aliphatic heterocycles. The van der Waals surface area contributed by atoms with E-state index in [2.05, 4.69) is 10.6 Å². The lowest BCUT2D eigenvalue weighted by Crippen LogP contribution is -2.18. The number of nitrogens with one attached hydrogen (secondary N) is 2. The van der Waals surface area contributed by atoms with E-state index < -0.39 is 39.6 Å². The van der Waals surface area contributed by atoms with Crippen molar-refractivity contribution in [2.75, 3.05) is 10.6 Å². The molecule has 0 spiro atoms. The third kappa shape index (κ3) is 4.94. The molecule has 0 bridgehead atoms. The Hall–Kier alpha value is -2.38. The Balaban J connectivity index is 1.50. The Bertz CT molecular complexity index is 1250. The normalized spacial score (nSPS) is 18.5. The van der Waals surface area contributed by atoms with E-state index >= 15 is 0 Å². The first-order chi connectivity index (χ1) is 15.6. The summed E-state index contributed by atoms with van der Waals surface area (Å²) in [4.78, 5) is 25.5. The summed E-state index contributed by atoms with van der Waals surface area (Å²) in [6.07, 6.45) is 0. The van der Waals surface area contributed by atoms with Crippen LogP contribution in [0.3, 0.4) is 0 Å². The van der Waals surface area contributed by atoms with E-state index in [0.717, 1.165) is 0 Å². The number of anilines is 2. The highest BCUT2D eigenvalue weighted by Crippen LogP contribution is 2.65. The summed E-state index contributed by atoms with van der Waals surface area (Å²) in [7, 11) is 0. The molecule has 2 amide bonds. The number of benzene rings is 3. The molecule has 0 saturated heterocycles. The summed E-state index contributed by atoms with van der Waals surface area (Å²) in [5.41, 5.74) is 1.19. The molecule has 4 nitrogen and oxygen atoms in total. The molecular formula is C23H14Cl4F2N2O2. The highest BCUT2D eigenvalue weighted by atomic mass is 35.5. The maximum atomic E-state index is 13.8. The summed E-state index contributed by atoms with van der Waals surface area (Å²) in [5.74, 6) is -3.63. The maximum Gasteiger partial charge on any atom is 0.257 e. The minimum atomic E-state index is -1.43. The minimum absolute atomic E-state index is 0.0530. The molecule has 3 aromatic rings. The number of carbonyl (C=O) groups excluding carboxylic acids is 2. The number of alkyl halides is 2. The molecule has 1 fully saturated rings. The molecule has 10 heteroatoms. The molecule has 0 heterocycles. The van der Waals surface area contributed by atoms with E-state index in [1.54, 1.807) is 6.07 Å². The zero-order valence-corrected chi connectivity index (χ0v) is 19.5. The molecule has 0 radical (unpaired) electrons. The topological polar surface area (TPSA) is 58.2 Å². The maximum absolute atomic E-state index is 13.8. The van der Waals surface area contributed by atoms with Crippen molar-refractivity contribution in [1.29, 1.82) is 0 Å². The van der Waals surface area contributed by atoms with Crippen LogP contribution in [-0.2, 0) is 4.79 Å². The van der Waals surface area contributed by atoms with Crippen LogP contribution in [0, 0.1) is 17.6 Å². The van der Waals surface area contributed by atoms with Crippen molar-refractivity contribution >= 4 is 69.6 Å². The Morgan fingerprint density at radius 1 is 0.818 bits per heavy atom. The SMILES string of the molecule is O=C(Nc1ccc(F)cc1)c1cc(NC(=O)[C@@H]2[C@@H](c3ccc(Cl)c(F)c3)C2(Cl)Cl)ccc1Cl. The fraction of sp³-hybridized carbons (Fsp3) is 0.130. The second-order valence-corrected chi connectivity index (χ2v) is 9.71. The molecule has 1 saturated carbocycles. The van der Waals surface area contributed by atoms with Crippen LogP contribution in [0.2, 0.25) is 10.0 Å². The molecule has 0 aromatic heterocycles. The third-order valence-corrected chi connectivity index (χ3v) is 6.80. The van der Waals surface area contributed by atoms with E-state index in [9.17, 15) is 18.4 Å². The van der Waals surface area contributed by atoms with Crippen LogP contribution in [0.1, 0.15) is 21.8 Å². The van der Waals surface area contributed by atoms with E-state index in [0.29, 0.717) is 11.3 Å². The molecule has 2 atom stereocenters. The van der Waals surface area contributed by atoms with Gasteiger partial charge in [-0.2, -0.15) is 0 Å². The zero-order chi connectivity index (χ0) is 23.9. The van der Waals surface area contributed by atoms with E-state index in [4.69, 9.17) is 46.4 Å². The van der Waals surface area contributed by atoms with Crippen LogP contribution in [0.15, 0.2) is 60.7 Å². The summed E-state index contributed by atoms with van der Waals surface area (Å²) >= 11 is 24.5. The van der Waals surface area contributed by atoms with Gasteiger partial charge in [0.1, 0.15) is 16.0 Å². The van der Waals surface area contributed by atoms with Crippen LogP contribution >= 0.6 is 46.4 Å². The van der Waals surface area contributed by atoms with Crippen molar-refractivity contribution in [2.45, 2.75) is 10.3 Å². The molecule has 1 aliphatic rings. The number of amides is 2. The van der Waals surface area contributed by atoms with Crippen LogP contribution < -0.4 is 10.6 Å². The molecular weight excluding hydrogens is 516 g/mol. The zero-order valence-electron chi connectivity index (χ0n) is 16.5.